The lowest BCUT2D eigenvalue weighted by Crippen LogP contribution is -2.47. The van der Waals surface area contributed by atoms with Crippen LogP contribution in [0.25, 0.3) is 0 Å². The Balaban J connectivity index is 2.58. The van der Waals surface area contributed by atoms with Crippen LogP contribution in [0.4, 0.5) is 0 Å². The third kappa shape index (κ3) is 4.27. The summed E-state index contributed by atoms with van der Waals surface area (Å²) >= 11 is 0. The topological polar surface area (TPSA) is 98.1 Å². The van der Waals surface area contributed by atoms with Gasteiger partial charge in [-0.3, -0.25) is 9.59 Å². The second-order valence-electron chi connectivity index (χ2n) is 5.54. The van der Waals surface area contributed by atoms with Gasteiger partial charge in [0.25, 0.3) is 0 Å². The number of rotatable bonds is 5. The largest absolute Gasteiger partial charge is 0.481 e. The van der Waals surface area contributed by atoms with E-state index in [0.29, 0.717) is 25.9 Å². The fourth-order valence-corrected chi connectivity index (χ4v) is 2.20. The Morgan fingerprint density at radius 3 is 2.22 bits per heavy atom. The quantitative estimate of drug-likeness (QED) is 0.655. The maximum atomic E-state index is 11.1. The Kier molecular flexibility index (Phi) is 4.70. The minimum atomic E-state index is -1.06. The van der Waals surface area contributed by atoms with Crippen molar-refractivity contribution in [3.05, 3.63) is 0 Å². The molecule has 1 aliphatic rings. The van der Waals surface area contributed by atoms with Gasteiger partial charge in [0.05, 0.1) is 17.4 Å². The normalized spacial score (nSPS) is 25.9. The molecule has 2 unspecified atom stereocenters. The molecule has 18 heavy (non-hydrogen) atoms. The summed E-state index contributed by atoms with van der Waals surface area (Å²) in [7, 11) is 0. The van der Waals surface area contributed by atoms with Crippen LogP contribution in [0.5, 0.6) is 0 Å². The third-order valence-corrected chi connectivity index (χ3v) is 3.37. The van der Waals surface area contributed by atoms with E-state index in [0.717, 1.165) is 0 Å². The van der Waals surface area contributed by atoms with E-state index >= 15 is 0 Å². The van der Waals surface area contributed by atoms with Crippen molar-refractivity contribution in [3.63, 3.8) is 0 Å². The summed E-state index contributed by atoms with van der Waals surface area (Å²) in [6.07, 6.45) is 0.884. The third-order valence-electron chi connectivity index (χ3n) is 3.37. The average molecular weight is 259 g/mol. The first-order chi connectivity index (χ1) is 8.20. The monoisotopic (exact) mass is 259 g/mol. The van der Waals surface area contributed by atoms with Crippen LogP contribution in [-0.2, 0) is 9.59 Å². The summed E-state index contributed by atoms with van der Waals surface area (Å²) in [6.45, 7) is 4.79. The fraction of sp³-hybridized carbons (Fsp3) is 0.833. The highest BCUT2D eigenvalue weighted by molar-refractivity contribution is 5.80. The zero-order valence-electron chi connectivity index (χ0n) is 10.8. The van der Waals surface area contributed by atoms with Crippen LogP contribution in [0.15, 0.2) is 0 Å². The SMILES string of the molecule is CC(C)(O)CCN1CCC(C(=O)O)C(C(=O)O)C1. The number of carboxylic acid groups (broad SMARTS) is 2. The minimum Gasteiger partial charge on any atom is -0.481 e. The van der Waals surface area contributed by atoms with Gasteiger partial charge in [0, 0.05) is 13.1 Å². The Morgan fingerprint density at radius 1 is 1.22 bits per heavy atom. The van der Waals surface area contributed by atoms with Crippen molar-refractivity contribution in [2.24, 2.45) is 11.8 Å². The maximum absolute atomic E-state index is 11.1. The number of hydrogen-bond donors (Lipinski definition) is 3. The number of aliphatic carboxylic acids is 2. The van der Waals surface area contributed by atoms with Gasteiger partial charge in [-0.25, -0.2) is 0 Å². The van der Waals surface area contributed by atoms with Crippen LogP contribution in [0.2, 0.25) is 0 Å². The standard InChI is InChI=1S/C12H21NO5/c1-12(2,18)4-6-13-5-3-8(10(14)15)9(7-13)11(16)17/h8-9,18H,3-7H2,1-2H3,(H,14,15)(H,16,17). The van der Waals surface area contributed by atoms with Crippen molar-refractivity contribution in [3.8, 4) is 0 Å². The van der Waals surface area contributed by atoms with E-state index in [1.807, 2.05) is 4.90 Å². The second-order valence-corrected chi connectivity index (χ2v) is 5.54. The highest BCUT2D eigenvalue weighted by Crippen LogP contribution is 2.25. The highest BCUT2D eigenvalue weighted by Gasteiger charge is 2.38. The molecule has 1 fully saturated rings. The number of piperidine rings is 1. The molecule has 1 aliphatic heterocycles. The molecule has 1 heterocycles. The molecule has 3 N–H and O–H groups in total. The van der Waals surface area contributed by atoms with E-state index in [1.54, 1.807) is 13.8 Å². The Hall–Kier alpha value is -1.14. The van der Waals surface area contributed by atoms with E-state index in [4.69, 9.17) is 10.2 Å². The van der Waals surface area contributed by atoms with Gasteiger partial charge in [-0.05, 0) is 33.2 Å². The first-order valence-electron chi connectivity index (χ1n) is 6.11. The van der Waals surface area contributed by atoms with E-state index < -0.39 is 29.4 Å². The molecule has 0 saturated carbocycles. The van der Waals surface area contributed by atoms with E-state index in [-0.39, 0.29) is 6.54 Å². The summed E-state index contributed by atoms with van der Waals surface area (Å²) < 4.78 is 0. The lowest BCUT2D eigenvalue weighted by molar-refractivity contribution is -0.157. The minimum absolute atomic E-state index is 0.238. The first kappa shape index (κ1) is 14.9. The van der Waals surface area contributed by atoms with Crippen LogP contribution in [0.1, 0.15) is 26.7 Å². The summed E-state index contributed by atoms with van der Waals surface area (Å²) in [4.78, 5) is 24.0. The number of carboxylic acids is 2. The zero-order valence-corrected chi connectivity index (χ0v) is 10.8. The van der Waals surface area contributed by atoms with Crippen LogP contribution in [-0.4, -0.2) is 57.4 Å². The molecule has 0 aromatic rings. The highest BCUT2D eigenvalue weighted by atomic mass is 16.4. The molecule has 0 aromatic heterocycles. The molecule has 0 aromatic carbocycles. The molecule has 1 saturated heterocycles. The molecular weight excluding hydrogens is 238 g/mol. The summed E-state index contributed by atoms with van der Waals surface area (Å²) in [6, 6.07) is 0. The molecule has 0 radical (unpaired) electrons. The van der Waals surface area contributed by atoms with Crippen molar-refractivity contribution in [2.75, 3.05) is 19.6 Å². The smallest absolute Gasteiger partial charge is 0.308 e. The average Bonchev–Trinajstić information content (AvgIpc) is 2.24. The number of hydrogen-bond acceptors (Lipinski definition) is 4. The number of likely N-dealkylation sites (tertiary alicyclic amines) is 1. The zero-order chi connectivity index (χ0) is 13.9. The molecule has 2 atom stereocenters. The van der Waals surface area contributed by atoms with Crippen LogP contribution in [0.3, 0.4) is 0 Å². The summed E-state index contributed by atoms with van der Waals surface area (Å²) in [5.74, 6) is -3.76. The van der Waals surface area contributed by atoms with E-state index in [1.165, 1.54) is 0 Å². The second kappa shape index (κ2) is 5.67. The molecule has 1 rings (SSSR count). The van der Waals surface area contributed by atoms with Crippen molar-refractivity contribution in [1.82, 2.24) is 4.90 Å². The van der Waals surface area contributed by atoms with Crippen molar-refractivity contribution in [1.29, 1.82) is 0 Å². The van der Waals surface area contributed by atoms with Gasteiger partial charge >= 0.3 is 11.9 Å². The maximum Gasteiger partial charge on any atom is 0.308 e. The Bertz CT molecular complexity index is 323. The van der Waals surface area contributed by atoms with E-state index in [9.17, 15) is 14.7 Å². The fourth-order valence-electron chi connectivity index (χ4n) is 2.20. The van der Waals surface area contributed by atoms with Gasteiger partial charge in [-0.1, -0.05) is 0 Å². The lowest BCUT2D eigenvalue weighted by atomic mass is 9.85. The molecule has 6 heteroatoms. The molecular formula is C12H21NO5. The van der Waals surface area contributed by atoms with Gasteiger partial charge in [-0.2, -0.15) is 0 Å². The molecule has 6 nitrogen and oxygen atoms in total. The Morgan fingerprint density at radius 2 is 1.78 bits per heavy atom. The van der Waals surface area contributed by atoms with Gasteiger partial charge in [-0.15, -0.1) is 0 Å². The van der Waals surface area contributed by atoms with Crippen molar-refractivity contribution < 1.29 is 24.9 Å². The number of aliphatic hydroxyl groups is 1. The van der Waals surface area contributed by atoms with Gasteiger partial charge in [0.15, 0.2) is 0 Å². The molecule has 104 valence electrons. The van der Waals surface area contributed by atoms with Crippen LogP contribution in [0, 0.1) is 11.8 Å². The molecule has 0 bridgehead atoms. The van der Waals surface area contributed by atoms with Crippen molar-refractivity contribution >= 4 is 11.9 Å². The van der Waals surface area contributed by atoms with Gasteiger partial charge in [0.2, 0.25) is 0 Å². The lowest BCUT2D eigenvalue weighted by Gasteiger charge is -2.35. The van der Waals surface area contributed by atoms with Gasteiger partial charge < -0.3 is 20.2 Å². The Labute approximate surface area is 106 Å². The number of nitrogens with zero attached hydrogens (tertiary/aromatic N) is 1. The number of carbonyl (C=O) groups is 2. The van der Waals surface area contributed by atoms with E-state index in [2.05, 4.69) is 0 Å². The van der Waals surface area contributed by atoms with Crippen molar-refractivity contribution in [2.45, 2.75) is 32.3 Å². The first-order valence-corrected chi connectivity index (χ1v) is 6.11. The summed E-state index contributed by atoms with van der Waals surface area (Å²) in [5.41, 5.74) is -0.789. The molecule has 0 spiro atoms. The summed E-state index contributed by atoms with van der Waals surface area (Å²) in [5, 5.41) is 27.7. The van der Waals surface area contributed by atoms with Crippen LogP contribution < -0.4 is 0 Å². The predicted molar refractivity (Wildman–Crippen MR) is 64.2 cm³/mol. The molecule has 0 amide bonds. The van der Waals surface area contributed by atoms with Crippen LogP contribution >= 0.6 is 0 Å². The predicted octanol–water partition coefficient (Wildman–Crippen LogP) is 0.255. The molecule has 0 aliphatic carbocycles. The van der Waals surface area contributed by atoms with Gasteiger partial charge in [0.1, 0.15) is 0 Å².